The van der Waals surface area contributed by atoms with E-state index in [1.54, 1.807) is 6.26 Å². The van der Waals surface area contributed by atoms with E-state index in [-0.39, 0.29) is 5.25 Å². The zero-order chi connectivity index (χ0) is 13.7. The number of hydrogen-bond acceptors (Lipinski definition) is 2. The molecular weight excluding hydrogens is 266 g/mol. The summed E-state index contributed by atoms with van der Waals surface area (Å²) in [6, 6.07) is 3.99. The molecule has 1 rings (SSSR count). The van der Waals surface area contributed by atoms with E-state index < -0.39 is 10.8 Å². The molecular formula is C14H22ClNOS. The molecule has 102 valence electrons. The first kappa shape index (κ1) is 15.7. The molecule has 1 N–H and O–H groups in total. The Morgan fingerprint density at radius 1 is 1.33 bits per heavy atom. The Morgan fingerprint density at radius 2 is 1.89 bits per heavy atom. The summed E-state index contributed by atoms with van der Waals surface area (Å²) in [6.45, 7) is 7.93. The largest absolute Gasteiger partial charge is 0.313 e. The maximum Gasteiger partial charge on any atom is 0.0411 e. The summed E-state index contributed by atoms with van der Waals surface area (Å²) in [5.74, 6) is 0. The molecule has 0 spiro atoms. The van der Waals surface area contributed by atoms with Crippen molar-refractivity contribution in [2.45, 2.75) is 39.0 Å². The smallest absolute Gasteiger partial charge is 0.0411 e. The van der Waals surface area contributed by atoms with E-state index in [1.165, 1.54) is 16.7 Å². The molecule has 0 aliphatic heterocycles. The summed E-state index contributed by atoms with van der Waals surface area (Å²) in [5.41, 5.74) is 3.75. The number of benzene rings is 1. The van der Waals surface area contributed by atoms with Gasteiger partial charge in [0.2, 0.25) is 0 Å². The minimum atomic E-state index is -0.728. The summed E-state index contributed by atoms with van der Waals surface area (Å²) in [6.07, 6.45) is 2.70. The molecule has 0 radical (unpaired) electrons. The van der Waals surface area contributed by atoms with E-state index in [0.29, 0.717) is 0 Å². The van der Waals surface area contributed by atoms with Gasteiger partial charge < -0.3 is 5.32 Å². The lowest BCUT2D eigenvalue weighted by Crippen LogP contribution is -2.21. The van der Waals surface area contributed by atoms with Gasteiger partial charge in [-0.1, -0.05) is 18.5 Å². The molecule has 0 bridgehead atoms. The maximum atomic E-state index is 11.2. The fraction of sp³-hybridized carbons (Fsp3) is 0.571. The summed E-state index contributed by atoms with van der Waals surface area (Å²) in [5, 5.41) is 4.46. The summed E-state index contributed by atoms with van der Waals surface area (Å²) < 4.78 is 11.2. The quantitative estimate of drug-likeness (QED) is 0.814. The monoisotopic (exact) mass is 287 g/mol. The van der Waals surface area contributed by atoms with Gasteiger partial charge in [0, 0.05) is 33.9 Å². The average Bonchev–Trinajstić information content (AvgIpc) is 2.26. The molecule has 0 unspecified atom stereocenters. The van der Waals surface area contributed by atoms with Crippen molar-refractivity contribution in [2.24, 2.45) is 0 Å². The van der Waals surface area contributed by atoms with Crippen LogP contribution in [0.2, 0.25) is 5.02 Å². The molecule has 18 heavy (non-hydrogen) atoms. The number of hydrogen-bond donors (Lipinski definition) is 1. The summed E-state index contributed by atoms with van der Waals surface area (Å²) in [7, 11) is -0.728. The minimum Gasteiger partial charge on any atom is -0.313 e. The first-order valence-corrected chi connectivity index (χ1v) is 8.20. The van der Waals surface area contributed by atoms with Crippen LogP contribution in [0.5, 0.6) is 0 Å². The summed E-state index contributed by atoms with van der Waals surface area (Å²) in [4.78, 5) is 0. The van der Waals surface area contributed by atoms with Crippen molar-refractivity contribution in [3.8, 4) is 0 Å². The van der Waals surface area contributed by atoms with Gasteiger partial charge in [0.1, 0.15) is 0 Å². The molecule has 2 atom stereocenters. The molecule has 4 heteroatoms. The Hall–Kier alpha value is -0.380. The molecule has 0 aromatic heterocycles. The third kappa shape index (κ3) is 4.71. The van der Waals surface area contributed by atoms with Crippen LogP contribution < -0.4 is 5.32 Å². The molecule has 2 nitrogen and oxygen atoms in total. The van der Waals surface area contributed by atoms with E-state index >= 15 is 0 Å². The lowest BCUT2D eigenvalue weighted by atomic mass is 10.0. The molecule has 1 aromatic carbocycles. The molecule has 0 fully saturated rings. The lowest BCUT2D eigenvalue weighted by molar-refractivity contribution is 0.627. The van der Waals surface area contributed by atoms with Gasteiger partial charge in [0.15, 0.2) is 0 Å². The number of nitrogens with one attached hydrogen (secondary N) is 1. The van der Waals surface area contributed by atoms with Crippen LogP contribution in [-0.4, -0.2) is 22.3 Å². The molecule has 0 heterocycles. The Kier molecular flexibility index (Phi) is 6.33. The third-order valence-electron chi connectivity index (χ3n) is 3.26. The molecule has 0 aliphatic rings. The van der Waals surface area contributed by atoms with Crippen LogP contribution in [0.4, 0.5) is 0 Å². The lowest BCUT2D eigenvalue weighted by Gasteiger charge is -2.13. The Labute approximate surface area is 118 Å². The van der Waals surface area contributed by atoms with Crippen molar-refractivity contribution in [2.75, 3.05) is 12.8 Å². The van der Waals surface area contributed by atoms with E-state index in [9.17, 15) is 4.21 Å². The van der Waals surface area contributed by atoms with Crippen LogP contribution >= 0.6 is 11.6 Å². The average molecular weight is 288 g/mol. The zero-order valence-corrected chi connectivity index (χ0v) is 13.1. The molecule has 0 amide bonds. The van der Waals surface area contributed by atoms with Crippen molar-refractivity contribution in [3.05, 3.63) is 33.8 Å². The highest BCUT2D eigenvalue weighted by molar-refractivity contribution is 7.84. The second-order valence-electron chi connectivity index (χ2n) is 4.79. The van der Waals surface area contributed by atoms with Gasteiger partial charge in [-0.05, 0) is 55.6 Å². The Balaban J connectivity index is 2.47. The first-order valence-electron chi connectivity index (χ1n) is 6.20. The molecule has 0 saturated carbocycles. The molecule has 0 aliphatic carbocycles. The van der Waals surface area contributed by atoms with E-state index in [2.05, 4.69) is 19.2 Å². The number of rotatable bonds is 6. The van der Waals surface area contributed by atoms with Crippen LogP contribution in [0.1, 0.15) is 30.0 Å². The van der Waals surface area contributed by atoms with Crippen molar-refractivity contribution in [3.63, 3.8) is 0 Å². The van der Waals surface area contributed by atoms with E-state index in [4.69, 9.17) is 11.6 Å². The van der Waals surface area contributed by atoms with Crippen molar-refractivity contribution < 1.29 is 4.21 Å². The SMILES string of the molecule is Cc1cc(Cl)cc(C)c1CNCC[C@H](C)[S@](C)=O. The first-order chi connectivity index (χ1) is 8.41. The van der Waals surface area contributed by atoms with E-state index in [0.717, 1.165) is 24.5 Å². The van der Waals surface area contributed by atoms with Gasteiger partial charge in [0.25, 0.3) is 0 Å². The van der Waals surface area contributed by atoms with Gasteiger partial charge in [0.05, 0.1) is 0 Å². The normalized spacial score (nSPS) is 14.5. The second kappa shape index (κ2) is 7.27. The van der Waals surface area contributed by atoms with Crippen molar-refractivity contribution >= 4 is 22.4 Å². The predicted octanol–water partition coefficient (Wildman–Crippen LogP) is 3.20. The fourth-order valence-electron chi connectivity index (χ4n) is 1.90. The second-order valence-corrected chi connectivity index (χ2v) is 7.03. The number of aryl methyl sites for hydroxylation is 2. The topological polar surface area (TPSA) is 29.1 Å². The van der Waals surface area contributed by atoms with Gasteiger partial charge in [-0.25, -0.2) is 0 Å². The Morgan fingerprint density at radius 3 is 2.39 bits per heavy atom. The summed E-state index contributed by atoms with van der Waals surface area (Å²) >= 11 is 6.01. The minimum absolute atomic E-state index is 0.255. The predicted molar refractivity (Wildman–Crippen MR) is 80.8 cm³/mol. The fourth-order valence-corrected chi connectivity index (χ4v) is 2.68. The Bertz CT molecular complexity index is 411. The molecule has 0 saturated heterocycles. The van der Waals surface area contributed by atoms with Crippen molar-refractivity contribution in [1.29, 1.82) is 0 Å². The highest BCUT2D eigenvalue weighted by Crippen LogP contribution is 2.19. The van der Waals surface area contributed by atoms with Gasteiger partial charge in [-0.2, -0.15) is 0 Å². The van der Waals surface area contributed by atoms with E-state index in [1.807, 2.05) is 19.1 Å². The standard InChI is InChI=1S/C14H22ClNOS/c1-10-7-13(15)8-11(2)14(10)9-16-6-5-12(3)18(4)17/h7-8,12,16H,5-6,9H2,1-4H3/t12-,18-/m0/s1. The maximum absolute atomic E-state index is 11.2. The highest BCUT2D eigenvalue weighted by atomic mass is 35.5. The van der Waals surface area contributed by atoms with Crippen LogP contribution in [0.25, 0.3) is 0 Å². The van der Waals surface area contributed by atoms with Crippen LogP contribution in [0.15, 0.2) is 12.1 Å². The van der Waals surface area contributed by atoms with Gasteiger partial charge in [-0.3, -0.25) is 4.21 Å². The van der Waals surface area contributed by atoms with Gasteiger partial charge >= 0.3 is 0 Å². The van der Waals surface area contributed by atoms with Crippen molar-refractivity contribution in [1.82, 2.24) is 5.32 Å². The highest BCUT2D eigenvalue weighted by Gasteiger charge is 2.07. The molecule has 1 aromatic rings. The zero-order valence-electron chi connectivity index (χ0n) is 11.5. The van der Waals surface area contributed by atoms with Crippen LogP contribution in [0, 0.1) is 13.8 Å². The van der Waals surface area contributed by atoms with Crippen LogP contribution in [0.3, 0.4) is 0 Å². The van der Waals surface area contributed by atoms with Crippen LogP contribution in [-0.2, 0) is 17.3 Å². The number of halogens is 1. The third-order valence-corrected chi connectivity index (χ3v) is 4.84. The van der Waals surface area contributed by atoms with Gasteiger partial charge in [-0.15, -0.1) is 0 Å².